The van der Waals surface area contributed by atoms with Crippen LogP contribution in [0.2, 0.25) is 0 Å². The highest BCUT2D eigenvalue weighted by atomic mass is 31.2. The minimum absolute atomic E-state index is 0.106. The average molecular weight is 1380 g/mol. The molecule has 0 heterocycles. The van der Waals surface area contributed by atoms with Crippen molar-refractivity contribution in [2.24, 2.45) is 11.8 Å². The van der Waals surface area contributed by atoms with Gasteiger partial charge in [0.05, 0.1) is 26.4 Å². The van der Waals surface area contributed by atoms with Gasteiger partial charge in [-0.3, -0.25) is 37.3 Å². The number of phosphoric acid groups is 2. The van der Waals surface area contributed by atoms with E-state index in [9.17, 15) is 43.2 Å². The first-order valence-electron chi connectivity index (χ1n) is 39.0. The molecule has 3 N–H and O–H groups in total. The van der Waals surface area contributed by atoms with Crippen LogP contribution in [-0.2, 0) is 65.4 Å². The lowest BCUT2D eigenvalue weighted by Crippen LogP contribution is -2.30. The van der Waals surface area contributed by atoms with Crippen LogP contribution < -0.4 is 0 Å². The molecule has 0 aliphatic carbocycles. The smallest absolute Gasteiger partial charge is 0.462 e. The van der Waals surface area contributed by atoms with E-state index >= 15 is 0 Å². The third-order valence-corrected chi connectivity index (χ3v) is 19.4. The third-order valence-electron chi connectivity index (χ3n) is 17.5. The molecule has 0 aliphatic rings. The van der Waals surface area contributed by atoms with E-state index in [1.165, 1.54) is 205 Å². The molecule has 0 rings (SSSR count). The molecule has 0 bridgehead atoms. The summed E-state index contributed by atoms with van der Waals surface area (Å²) in [6.07, 6.45) is 54.1. The SMILES string of the molecule is CCCCCCCCCCCCCCCCCCCCCC(=O)O[C@H](COC(=O)CCCCCCCCCCCCC(C)C)COP(=O)(O)OC[C@@H](O)COP(=O)(O)OC[C@@H](COC(=O)CCCCCCCCCCC)OC(=O)CCCCCCCCCCCCC(C)C. The van der Waals surface area contributed by atoms with Crippen LogP contribution in [0.1, 0.15) is 388 Å². The number of hydrogen-bond donors (Lipinski definition) is 3. The fraction of sp³-hybridized carbons (Fsp3) is 0.947. The van der Waals surface area contributed by atoms with Crippen LogP contribution in [0.4, 0.5) is 0 Å². The molecule has 0 amide bonds. The zero-order valence-electron chi connectivity index (χ0n) is 61.3. The van der Waals surface area contributed by atoms with E-state index in [1.54, 1.807) is 0 Å². The fourth-order valence-corrected chi connectivity index (χ4v) is 13.1. The molecule has 0 aromatic carbocycles. The maximum Gasteiger partial charge on any atom is 0.472 e. The van der Waals surface area contributed by atoms with Gasteiger partial charge in [0, 0.05) is 25.7 Å². The summed E-state index contributed by atoms with van der Waals surface area (Å²) in [7, 11) is -9.91. The summed E-state index contributed by atoms with van der Waals surface area (Å²) in [5.74, 6) is -0.608. The van der Waals surface area contributed by atoms with Crippen LogP contribution >= 0.6 is 15.6 Å². The largest absolute Gasteiger partial charge is 0.472 e. The van der Waals surface area contributed by atoms with Crippen molar-refractivity contribution in [3.8, 4) is 0 Å². The van der Waals surface area contributed by atoms with E-state index in [0.29, 0.717) is 25.7 Å². The maximum atomic E-state index is 13.1. The van der Waals surface area contributed by atoms with Crippen molar-refractivity contribution in [3.63, 3.8) is 0 Å². The number of aliphatic hydroxyl groups excluding tert-OH is 1. The van der Waals surface area contributed by atoms with E-state index in [4.69, 9.17) is 37.0 Å². The summed E-state index contributed by atoms with van der Waals surface area (Å²) in [5.41, 5.74) is 0. The lowest BCUT2D eigenvalue weighted by molar-refractivity contribution is -0.161. The molecule has 2 unspecified atom stereocenters. The van der Waals surface area contributed by atoms with E-state index < -0.39 is 97.5 Å². The summed E-state index contributed by atoms with van der Waals surface area (Å²) < 4.78 is 68.4. The van der Waals surface area contributed by atoms with Crippen LogP contribution in [0.25, 0.3) is 0 Å². The van der Waals surface area contributed by atoms with Gasteiger partial charge in [-0.05, 0) is 37.5 Å². The van der Waals surface area contributed by atoms with Gasteiger partial charge in [-0.25, -0.2) is 9.13 Å². The van der Waals surface area contributed by atoms with Gasteiger partial charge in [0.1, 0.15) is 19.3 Å². The molecule has 0 aromatic heterocycles. The Labute approximate surface area is 575 Å². The Kier molecular flexibility index (Phi) is 65.5. The number of ether oxygens (including phenoxy) is 4. The van der Waals surface area contributed by atoms with E-state index in [2.05, 4.69) is 41.5 Å². The summed E-state index contributed by atoms with van der Waals surface area (Å²) in [6, 6.07) is 0. The highest BCUT2D eigenvalue weighted by Crippen LogP contribution is 2.45. The topological polar surface area (TPSA) is 237 Å². The second-order valence-corrected chi connectivity index (χ2v) is 30.9. The van der Waals surface area contributed by atoms with Crippen molar-refractivity contribution in [1.29, 1.82) is 0 Å². The van der Waals surface area contributed by atoms with Crippen LogP contribution in [0.3, 0.4) is 0 Å². The molecule has 0 spiro atoms. The van der Waals surface area contributed by atoms with Gasteiger partial charge in [-0.1, -0.05) is 337 Å². The summed E-state index contributed by atoms with van der Waals surface area (Å²) >= 11 is 0. The molecule has 0 aliphatic heterocycles. The number of carbonyl (C=O) groups is 4. The third kappa shape index (κ3) is 68.6. The van der Waals surface area contributed by atoms with Crippen molar-refractivity contribution in [2.75, 3.05) is 39.6 Å². The monoisotopic (exact) mass is 1380 g/mol. The van der Waals surface area contributed by atoms with E-state index in [1.807, 2.05) is 0 Å². The molecule has 5 atom stereocenters. The number of carbonyl (C=O) groups excluding carboxylic acids is 4. The molecule has 0 fully saturated rings. The average Bonchev–Trinajstić information content (AvgIpc) is 1.74. The Balaban J connectivity index is 5.22. The quantitative estimate of drug-likeness (QED) is 0.0222. The van der Waals surface area contributed by atoms with Crippen LogP contribution in [0.15, 0.2) is 0 Å². The first kappa shape index (κ1) is 92.1. The van der Waals surface area contributed by atoms with Crippen molar-refractivity contribution in [2.45, 2.75) is 407 Å². The summed E-state index contributed by atoms with van der Waals surface area (Å²) in [5, 5.41) is 10.6. The number of rotatable bonds is 74. The molecule has 94 heavy (non-hydrogen) atoms. The maximum absolute atomic E-state index is 13.1. The number of unbranched alkanes of at least 4 members (excludes halogenated alkanes) is 44. The molecule has 17 nitrogen and oxygen atoms in total. The van der Waals surface area contributed by atoms with E-state index in [-0.39, 0.29) is 25.7 Å². The van der Waals surface area contributed by atoms with Gasteiger partial charge in [-0.15, -0.1) is 0 Å². The Hall–Kier alpha value is -1.94. The van der Waals surface area contributed by atoms with Crippen molar-refractivity contribution < 1.29 is 80.2 Å². The lowest BCUT2D eigenvalue weighted by Gasteiger charge is -2.21. The first-order chi connectivity index (χ1) is 45.4. The minimum Gasteiger partial charge on any atom is -0.462 e. The molecule has 19 heteroatoms. The van der Waals surface area contributed by atoms with Crippen molar-refractivity contribution in [3.05, 3.63) is 0 Å². The summed E-state index contributed by atoms with van der Waals surface area (Å²) in [4.78, 5) is 72.7. The summed E-state index contributed by atoms with van der Waals surface area (Å²) in [6.45, 7) is 9.56. The predicted molar refractivity (Wildman–Crippen MR) is 381 cm³/mol. The van der Waals surface area contributed by atoms with Gasteiger partial charge < -0.3 is 33.8 Å². The number of phosphoric ester groups is 2. The Bertz CT molecular complexity index is 1820. The zero-order valence-corrected chi connectivity index (χ0v) is 63.1. The number of hydrogen-bond acceptors (Lipinski definition) is 15. The molecule has 0 saturated heterocycles. The molecular weight excluding hydrogens is 1230 g/mol. The van der Waals surface area contributed by atoms with Crippen LogP contribution in [-0.4, -0.2) is 96.7 Å². The second kappa shape index (κ2) is 66.9. The van der Waals surface area contributed by atoms with Crippen LogP contribution in [0.5, 0.6) is 0 Å². The van der Waals surface area contributed by atoms with Gasteiger partial charge in [0.15, 0.2) is 12.2 Å². The van der Waals surface area contributed by atoms with E-state index in [0.717, 1.165) is 102 Å². The minimum atomic E-state index is -4.96. The van der Waals surface area contributed by atoms with Gasteiger partial charge in [0.25, 0.3) is 0 Å². The first-order valence-corrected chi connectivity index (χ1v) is 42.0. The van der Waals surface area contributed by atoms with Crippen LogP contribution in [0, 0.1) is 11.8 Å². The zero-order chi connectivity index (χ0) is 69.3. The highest BCUT2D eigenvalue weighted by molar-refractivity contribution is 7.47. The molecular formula is C75H146O17P2. The number of aliphatic hydroxyl groups is 1. The Morgan fingerprint density at radius 1 is 0.287 bits per heavy atom. The molecule has 0 saturated carbocycles. The highest BCUT2D eigenvalue weighted by Gasteiger charge is 2.30. The molecule has 0 aromatic rings. The number of esters is 4. The standard InChI is InChI=1S/C75H146O17P2/c1-7-9-11-13-15-17-18-19-20-21-22-23-24-25-26-35-41-47-53-59-74(79)91-71(64-86-73(78)58-52-46-40-34-29-27-32-37-43-49-55-67(3)4)66-90-94(83,84)88-62-69(76)61-87-93(81,82)89-65-70(63-85-72(77)57-51-45-39-31-16-14-12-10-8-2)92-75(80)60-54-48-42-36-30-28-33-38-44-50-56-68(5)6/h67-71,76H,7-66H2,1-6H3,(H,81,82)(H,83,84)/t69-,70+,71+/m0/s1. The fourth-order valence-electron chi connectivity index (χ4n) is 11.5. The molecule has 558 valence electrons. The lowest BCUT2D eigenvalue weighted by atomic mass is 10.0. The molecule has 0 radical (unpaired) electrons. The van der Waals surface area contributed by atoms with Gasteiger partial charge in [0.2, 0.25) is 0 Å². The Morgan fingerprint density at radius 3 is 0.723 bits per heavy atom. The second-order valence-electron chi connectivity index (χ2n) is 28.0. The van der Waals surface area contributed by atoms with Gasteiger partial charge >= 0.3 is 39.5 Å². The van der Waals surface area contributed by atoms with Crippen molar-refractivity contribution >= 4 is 39.5 Å². The van der Waals surface area contributed by atoms with Gasteiger partial charge in [-0.2, -0.15) is 0 Å². The predicted octanol–water partition coefficient (Wildman–Crippen LogP) is 21.9. The Morgan fingerprint density at radius 2 is 0.489 bits per heavy atom. The van der Waals surface area contributed by atoms with Crippen molar-refractivity contribution in [1.82, 2.24) is 0 Å². The normalized spacial score (nSPS) is 14.0.